The van der Waals surface area contributed by atoms with Crippen molar-refractivity contribution < 1.29 is 4.42 Å². The van der Waals surface area contributed by atoms with E-state index in [2.05, 4.69) is 189 Å². The van der Waals surface area contributed by atoms with Gasteiger partial charge in [0, 0.05) is 22.6 Å². The Balaban J connectivity index is 1.13. The van der Waals surface area contributed by atoms with E-state index in [1.165, 1.54) is 38.9 Å². The third kappa shape index (κ3) is 6.10. The van der Waals surface area contributed by atoms with Crippen molar-refractivity contribution >= 4 is 28.2 Å². The molecular formula is C47H38N2O. The predicted octanol–water partition coefficient (Wildman–Crippen LogP) is 13.2. The van der Waals surface area contributed by atoms with Gasteiger partial charge in [0.05, 0.1) is 0 Å². The second-order valence-corrected chi connectivity index (χ2v) is 12.8. The van der Waals surface area contributed by atoms with Crippen molar-refractivity contribution in [3.05, 3.63) is 181 Å². The van der Waals surface area contributed by atoms with Crippen LogP contribution in [0.25, 0.3) is 55.9 Å². The molecule has 0 aliphatic heterocycles. The van der Waals surface area contributed by atoms with Gasteiger partial charge in [0.2, 0.25) is 5.89 Å². The molecule has 0 N–H and O–H groups in total. The van der Waals surface area contributed by atoms with E-state index in [1.807, 2.05) is 0 Å². The summed E-state index contributed by atoms with van der Waals surface area (Å²) in [7, 11) is 0. The molecule has 0 bridgehead atoms. The Bertz CT molecular complexity index is 2340. The summed E-state index contributed by atoms with van der Waals surface area (Å²) in [6.07, 6.45) is 2.05. The zero-order valence-corrected chi connectivity index (χ0v) is 28.4. The molecule has 7 aromatic carbocycles. The minimum absolute atomic E-state index is 0.662. The molecule has 0 aliphatic rings. The maximum atomic E-state index is 6.36. The molecule has 1 aromatic heterocycles. The number of nitrogens with zero attached hydrogens (tertiary/aromatic N) is 2. The van der Waals surface area contributed by atoms with Crippen LogP contribution < -0.4 is 4.90 Å². The first-order chi connectivity index (χ1) is 24.7. The average molecular weight is 647 g/mol. The normalized spacial score (nSPS) is 11.2. The van der Waals surface area contributed by atoms with Crippen LogP contribution in [-0.4, -0.2) is 4.98 Å². The number of hydrogen-bond acceptors (Lipinski definition) is 3. The number of aromatic nitrogens is 1. The van der Waals surface area contributed by atoms with Gasteiger partial charge in [-0.25, -0.2) is 4.98 Å². The second-order valence-electron chi connectivity index (χ2n) is 12.8. The van der Waals surface area contributed by atoms with Gasteiger partial charge < -0.3 is 9.32 Å². The van der Waals surface area contributed by atoms with Crippen LogP contribution in [0.1, 0.15) is 24.5 Å². The Kier molecular flexibility index (Phi) is 8.54. The number of fused-ring (bicyclic) bond motifs is 1. The molecule has 3 nitrogen and oxygen atoms in total. The van der Waals surface area contributed by atoms with Crippen LogP contribution in [0, 0.1) is 6.92 Å². The lowest BCUT2D eigenvalue weighted by atomic mass is 9.89. The van der Waals surface area contributed by atoms with E-state index in [0.29, 0.717) is 5.89 Å². The van der Waals surface area contributed by atoms with Gasteiger partial charge in [-0.05, 0) is 112 Å². The molecule has 242 valence electrons. The first-order valence-electron chi connectivity index (χ1n) is 17.4. The summed E-state index contributed by atoms with van der Waals surface area (Å²) in [5.74, 6) is 0.662. The Morgan fingerprint density at radius 3 is 1.50 bits per heavy atom. The Morgan fingerprint density at radius 2 is 0.960 bits per heavy atom. The zero-order chi connectivity index (χ0) is 33.9. The van der Waals surface area contributed by atoms with E-state index in [4.69, 9.17) is 9.40 Å². The molecular weight excluding hydrogens is 609 g/mol. The van der Waals surface area contributed by atoms with Gasteiger partial charge >= 0.3 is 0 Å². The van der Waals surface area contributed by atoms with Crippen LogP contribution in [0.5, 0.6) is 0 Å². The van der Waals surface area contributed by atoms with Gasteiger partial charge in [-0.2, -0.15) is 0 Å². The molecule has 8 aromatic rings. The van der Waals surface area contributed by atoms with E-state index in [1.54, 1.807) is 0 Å². The minimum atomic E-state index is 0.662. The highest BCUT2D eigenvalue weighted by Gasteiger charge is 2.16. The quantitative estimate of drug-likeness (QED) is 0.156. The molecule has 0 saturated heterocycles. The number of benzene rings is 7. The Morgan fingerprint density at radius 1 is 0.500 bits per heavy atom. The summed E-state index contributed by atoms with van der Waals surface area (Å²) in [5, 5.41) is 0. The van der Waals surface area contributed by atoms with Crippen LogP contribution >= 0.6 is 0 Å². The highest BCUT2D eigenvalue weighted by molar-refractivity contribution is 5.92. The highest BCUT2D eigenvalue weighted by Crippen LogP contribution is 2.40. The zero-order valence-electron chi connectivity index (χ0n) is 28.4. The summed E-state index contributed by atoms with van der Waals surface area (Å²) in [5.41, 5.74) is 15.7. The van der Waals surface area contributed by atoms with Crippen molar-refractivity contribution in [3.63, 3.8) is 0 Å². The summed E-state index contributed by atoms with van der Waals surface area (Å²) in [6.45, 7) is 4.32. The standard InChI is InChI=1S/C47H38N2O/c1-3-14-37-31-33(2)32-45-46(37)50-47(48-45)36-25-23-34(24-26-36)41-19-10-12-21-43(41)44-22-13-11-20-42(44)35-27-29-40(30-28-35)49(38-15-6-4-7-16-38)39-17-8-5-9-18-39/h4-13,15-32H,3,14H2,1-2H3. The van der Waals surface area contributed by atoms with Crippen molar-refractivity contribution in [3.8, 4) is 44.8 Å². The van der Waals surface area contributed by atoms with Gasteiger partial charge in [0.15, 0.2) is 5.58 Å². The molecule has 8 rings (SSSR count). The van der Waals surface area contributed by atoms with Crippen LogP contribution in [0.3, 0.4) is 0 Å². The van der Waals surface area contributed by atoms with Gasteiger partial charge in [-0.1, -0.05) is 129 Å². The number of anilines is 3. The lowest BCUT2D eigenvalue weighted by molar-refractivity contribution is 0.614. The van der Waals surface area contributed by atoms with Crippen molar-refractivity contribution in [1.29, 1.82) is 0 Å². The van der Waals surface area contributed by atoms with Crippen molar-refractivity contribution in [1.82, 2.24) is 4.98 Å². The van der Waals surface area contributed by atoms with E-state index < -0.39 is 0 Å². The Labute approximate surface area is 294 Å². The molecule has 0 atom stereocenters. The summed E-state index contributed by atoms with van der Waals surface area (Å²) >= 11 is 0. The van der Waals surface area contributed by atoms with Gasteiger partial charge in [-0.15, -0.1) is 0 Å². The largest absolute Gasteiger partial charge is 0.436 e. The van der Waals surface area contributed by atoms with E-state index in [9.17, 15) is 0 Å². The second kappa shape index (κ2) is 13.7. The van der Waals surface area contributed by atoms with Crippen LogP contribution in [0.2, 0.25) is 0 Å². The number of aryl methyl sites for hydroxylation is 2. The van der Waals surface area contributed by atoms with Crippen molar-refractivity contribution in [2.45, 2.75) is 26.7 Å². The van der Waals surface area contributed by atoms with Gasteiger partial charge in [0.1, 0.15) is 5.52 Å². The Hall–Kier alpha value is -6.19. The first-order valence-corrected chi connectivity index (χ1v) is 17.4. The molecule has 0 unspecified atom stereocenters. The fourth-order valence-electron chi connectivity index (χ4n) is 6.96. The van der Waals surface area contributed by atoms with Crippen LogP contribution in [-0.2, 0) is 6.42 Å². The number of para-hydroxylation sites is 2. The van der Waals surface area contributed by atoms with Crippen LogP contribution in [0.15, 0.2) is 174 Å². The molecule has 0 saturated carbocycles. The highest BCUT2D eigenvalue weighted by atomic mass is 16.3. The van der Waals surface area contributed by atoms with Gasteiger partial charge in [-0.3, -0.25) is 0 Å². The molecule has 0 radical (unpaired) electrons. The molecule has 3 heteroatoms. The topological polar surface area (TPSA) is 29.3 Å². The van der Waals surface area contributed by atoms with Crippen LogP contribution in [0.4, 0.5) is 17.1 Å². The average Bonchev–Trinajstić information content (AvgIpc) is 3.61. The smallest absolute Gasteiger partial charge is 0.227 e. The maximum absolute atomic E-state index is 6.36. The fourth-order valence-corrected chi connectivity index (χ4v) is 6.96. The SMILES string of the molecule is CCCc1cc(C)cc2nc(-c3ccc(-c4ccccc4-c4ccccc4-c4ccc(N(c5ccccc5)c5ccccc5)cc4)cc3)oc12. The summed E-state index contributed by atoms with van der Waals surface area (Å²) in [4.78, 5) is 7.17. The van der Waals surface area contributed by atoms with E-state index in [-0.39, 0.29) is 0 Å². The molecule has 0 amide bonds. The lowest BCUT2D eigenvalue weighted by Gasteiger charge is -2.25. The minimum Gasteiger partial charge on any atom is -0.436 e. The summed E-state index contributed by atoms with van der Waals surface area (Å²) < 4.78 is 6.36. The molecule has 0 spiro atoms. The first kappa shape index (κ1) is 31.1. The fraction of sp³-hybridized carbons (Fsp3) is 0.0851. The lowest BCUT2D eigenvalue weighted by Crippen LogP contribution is -2.09. The molecule has 0 aliphatic carbocycles. The summed E-state index contributed by atoms with van der Waals surface area (Å²) in [6, 6.07) is 60.3. The molecule has 1 heterocycles. The molecule has 0 fully saturated rings. The van der Waals surface area contributed by atoms with E-state index >= 15 is 0 Å². The van der Waals surface area contributed by atoms with Gasteiger partial charge in [0.25, 0.3) is 0 Å². The van der Waals surface area contributed by atoms with Crippen molar-refractivity contribution in [2.24, 2.45) is 0 Å². The number of rotatable bonds is 9. The third-order valence-electron chi connectivity index (χ3n) is 9.28. The maximum Gasteiger partial charge on any atom is 0.227 e. The molecule has 50 heavy (non-hydrogen) atoms. The predicted molar refractivity (Wildman–Crippen MR) is 209 cm³/mol. The number of hydrogen-bond donors (Lipinski definition) is 0. The van der Waals surface area contributed by atoms with Crippen molar-refractivity contribution in [2.75, 3.05) is 4.90 Å². The monoisotopic (exact) mass is 646 g/mol. The van der Waals surface area contributed by atoms with E-state index in [0.717, 1.165) is 52.1 Å². The third-order valence-corrected chi connectivity index (χ3v) is 9.28. The number of oxazole rings is 1.